The Bertz CT molecular complexity index is 438. The van der Waals surface area contributed by atoms with Crippen molar-refractivity contribution < 1.29 is 9.90 Å². The summed E-state index contributed by atoms with van der Waals surface area (Å²) in [6.07, 6.45) is 5.89. The van der Waals surface area contributed by atoms with E-state index >= 15 is 0 Å². The van der Waals surface area contributed by atoms with Gasteiger partial charge in [0.05, 0.1) is 6.04 Å². The van der Waals surface area contributed by atoms with Crippen LogP contribution in [0.3, 0.4) is 0 Å². The van der Waals surface area contributed by atoms with Gasteiger partial charge in [-0.3, -0.25) is 0 Å². The van der Waals surface area contributed by atoms with E-state index in [-0.39, 0.29) is 17.8 Å². The molecule has 1 unspecified atom stereocenters. The number of hydrogen-bond acceptors (Lipinski definition) is 2. The van der Waals surface area contributed by atoms with Gasteiger partial charge in [0, 0.05) is 13.1 Å². The van der Waals surface area contributed by atoms with Gasteiger partial charge in [-0.1, -0.05) is 31.4 Å². The second-order valence-electron chi connectivity index (χ2n) is 5.66. The number of phenolic OH excluding ortho intramolecular Hbond substituents is 1. The predicted octanol–water partition coefficient (Wildman–Crippen LogP) is 3.43. The van der Waals surface area contributed by atoms with Crippen molar-refractivity contribution in [3.05, 3.63) is 29.8 Å². The van der Waals surface area contributed by atoms with E-state index < -0.39 is 0 Å². The maximum absolute atomic E-state index is 12.3. The standard InChI is InChI=1S/C16H24N2O2/c1-12(13-8-10-15(19)11-9-13)18(2)16(20)17-14-6-4-3-5-7-14/h8-12,14,19H,3-7H2,1-2H3,(H,17,20). The van der Waals surface area contributed by atoms with Crippen LogP contribution in [0, 0.1) is 0 Å². The van der Waals surface area contributed by atoms with Crippen molar-refractivity contribution in [3.8, 4) is 5.75 Å². The van der Waals surface area contributed by atoms with Crippen LogP contribution in [0.4, 0.5) is 4.79 Å². The Morgan fingerprint density at radius 3 is 2.45 bits per heavy atom. The average Bonchev–Trinajstić information content (AvgIpc) is 2.47. The molecule has 110 valence electrons. The molecular weight excluding hydrogens is 252 g/mol. The fourth-order valence-electron chi connectivity index (χ4n) is 2.68. The molecule has 1 aromatic carbocycles. The van der Waals surface area contributed by atoms with Crippen LogP contribution in [-0.2, 0) is 0 Å². The van der Waals surface area contributed by atoms with Crippen LogP contribution in [0.15, 0.2) is 24.3 Å². The largest absolute Gasteiger partial charge is 0.508 e. The van der Waals surface area contributed by atoms with E-state index in [4.69, 9.17) is 0 Å². The van der Waals surface area contributed by atoms with E-state index in [1.807, 2.05) is 26.1 Å². The minimum Gasteiger partial charge on any atom is -0.508 e. The first kappa shape index (κ1) is 14.7. The molecule has 0 aromatic heterocycles. The molecule has 20 heavy (non-hydrogen) atoms. The Balaban J connectivity index is 1.93. The average molecular weight is 276 g/mol. The van der Waals surface area contributed by atoms with Gasteiger partial charge >= 0.3 is 6.03 Å². The van der Waals surface area contributed by atoms with Gasteiger partial charge in [-0.05, 0) is 37.5 Å². The van der Waals surface area contributed by atoms with Crippen molar-refractivity contribution in [1.82, 2.24) is 10.2 Å². The van der Waals surface area contributed by atoms with Crippen LogP contribution in [0.2, 0.25) is 0 Å². The number of amides is 2. The maximum atomic E-state index is 12.3. The number of nitrogens with zero attached hydrogens (tertiary/aromatic N) is 1. The second kappa shape index (κ2) is 6.64. The molecular formula is C16H24N2O2. The molecule has 0 saturated heterocycles. The summed E-state index contributed by atoms with van der Waals surface area (Å²) >= 11 is 0. The molecule has 1 fully saturated rings. The summed E-state index contributed by atoms with van der Waals surface area (Å²) in [6.45, 7) is 1.99. The Kier molecular flexibility index (Phi) is 4.88. The van der Waals surface area contributed by atoms with Gasteiger partial charge in [0.15, 0.2) is 0 Å². The molecule has 0 spiro atoms. The molecule has 1 atom stereocenters. The molecule has 2 rings (SSSR count). The molecule has 0 aliphatic heterocycles. The van der Waals surface area contributed by atoms with Crippen LogP contribution in [-0.4, -0.2) is 29.1 Å². The van der Waals surface area contributed by atoms with Crippen LogP contribution >= 0.6 is 0 Å². The fourth-order valence-corrected chi connectivity index (χ4v) is 2.68. The lowest BCUT2D eigenvalue weighted by atomic mass is 9.96. The van der Waals surface area contributed by atoms with Gasteiger partial charge in [0.25, 0.3) is 0 Å². The molecule has 1 aromatic rings. The number of phenols is 1. The minimum atomic E-state index is -0.0162. The van der Waals surface area contributed by atoms with Crippen molar-refractivity contribution in [1.29, 1.82) is 0 Å². The monoisotopic (exact) mass is 276 g/mol. The minimum absolute atomic E-state index is 0.0146. The summed E-state index contributed by atoms with van der Waals surface area (Å²) in [5, 5.41) is 12.4. The molecule has 0 radical (unpaired) electrons. The van der Waals surface area contributed by atoms with E-state index in [1.165, 1.54) is 19.3 Å². The molecule has 4 heteroatoms. The summed E-state index contributed by atoms with van der Waals surface area (Å²) in [5.74, 6) is 0.246. The summed E-state index contributed by atoms with van der Waals surface area (Å²) in [4.78, 5) is 14.0. The highest BCUT2D eigenvalue weighted by Gasteiger charge is 2.21. The lowest BCUT2D eigenvalue weighted by Gasteiger charge is -2.29. The number of aromatic hydroxyl groups is 1. The van der Waals surface area contributed by atoms with Crippen LogP contribution in [0.5, 0.6) is 5.75 Å². The zero-order valence-electron chi connectivity index (χ0n) is 12.3. The molecule has 1 saturated carbocycles. The number of nitrogens with one attached hydrogen (secondary N) is 1. The first-order chi connectivity index (χ1) is 9.58. The molecule has 1 aliphatic rings. The Morgan fingerprint density at radius 2 is 1.85 bits per heavy atom. The first-order valence-electron chi connectivity index (χ1n) is 7.40. The van der Waals surface area contributed by atoms with Crippen molar-refractivity contribution in [2.45, 2.75) is 51.1 Å². The highest BCUT2D eigenvalue weighted by Crippen LogP contribution is 2.22. The number of carbonyl (C=O) groups excluding carboxylic acids is 1. The van der Waals surface area contributed by atoms with Gasteiger partial charge in [-0.25, -0.2) is 4.79 Å². The van der Waals surface area contributed by atoms with Crippen molar-refractivity contribution in [3.63, 3.8) is 0 Å². The normalized spacial score (nSPS) is 17.5. The van der Waals surface area contributed by atoms with E-state index in [0.717, 1.165) is 18.4 Å². The summed E-state index contributed by atoms with van der Waals surface area (Å²) in [5.41, 5.74) is 1.02. The lowest BCUT2D eigenvalue weighted by Crippen LogP contribution is -2.44. The zero-order valence-corrected chi connectivity index (χ0v) is 12.3. The third-order valence-corrected chi connectivity index (χ3v) is 4.21. The Morgan fingerprint density at radius 1 is 1.25 bits per heavy atom. The van der Waals surface area contributed by atoms with Gasteiger partial charge in [-0.2, -0.15) is 0 Å². The topological polar surface area (TPSA) is 52.6 Å². The zero-order chi connectivity index (χ0) is 14.5. The lowest BCUT2D eigenvalue weighted by molar-refractivity contribution is 0.186. The number of hydrogen-bond donors (Lipinski definition) is 2. The van der Waals surface area contributed by atoms with Crippen molar-refractivity contribution in [2.75, 3.05) is 7.05 Å². The van der Waals surface area contributed by atoms with Crippen molar-refractivity contribution >= 4 is 6.03 Å². The van der Waals surface area contributed by atoms with Crippen LogP contribution in [0.1, 0.15) is 50.6 Å². The van der Waals surface area contributed by atoms with Gasteiger partial charge < -0.3 is 15.3 Å². The quantitative estimate of drug-likeness (QED) is 0.888. The molecule has 4 nitrogen and oxygen atoms in total. The Labute approximate surface area is 120 Å². The number of rotatable bonds is 3. The Hall–Kier alpha value is -1.71. The summed E-state index contributed by atoms with van der Waals surface area (Å²) in [7, 11) is 1.82. The third-order valence-electron chi connectivity index (χ3n) is 4.21. The number of benzene rings is 1. The van der Waals surface area contributed by atoms with Crippen LogP contribution < -0.4 is 5.32 Å². The highest BCUT2D eigenvalue weighted by molar-refractivity contribution is 5.74. The summed E-state index contributed by atoms with van der Waals surface area (Å²) in [6, 6.07) is 7.30. The van der Waals surface area contributed by atoms with Gasteiger partial charge in [0.1, 0.15) is 5.75 Å². The molecule has 0 heterocycles. The molecule has 0 bridgehead atoms. The third kappa shape index (κ3) is 3.65. The van der Waals surface area contributed by atoms with E-state index in [9.17, 15) is 9.90 Å². The van der Waals surface area contributed by atoms with Gasteiger partial charge in [-0.15, -0.1) is 0 Å². The fraction of sp³-hybridized carbons (Fsp3) is 0.562. The smallest absolute Gasteiger partial charge is 0.317 e. The predicted molar refractivity (Wildman–Crippen MR) is 79.7 cm³/mol. The number of urea groups is 1. The number of carbonyl (C=O) groups is 1. The van der Waals surface area contributed by atoms with Gasteiger partial charge in [0.2, 0.25) is 0 Å². The van der Waals surface area contributed by atoms with Crippen molar-refractivity contribution in [2.24, 2.45) is 0 Å². The van der Waals surface area contributed by atoms with E-state index in [0.29, 0.717) is 6.04 Å². The second-order valence-corrected chi connectivity index (χ2v) is 5.66. The van der Waals surface area contributed by atoms with E-state index in [2.05, 4.69) is 5.32 Å². The molecule has 1 aliphatic carbocycles. The maximum Gasteiger partial charge on any atom is 0.317 e. The van der Waals surface area contributed by atoms with E-state index in [1.54, 1.807) is 17.0 Å². The SMILES string of the molecule is CC(c1ccc(O)cc1)N(C)C(=O)NC1CCCCC1. The van der Waals surface area contributed by atoms with Crippen LogP contribution in [0.25, 0.3) is 0 Å². The summed E-state index contributed by atoms with van der Waals surface area (Å²) < 4.78 is 0. The first-order valence-corrected chi connectivity index (χ1v) is 7.40. The molecule has 2 amide bonds. The highest BCUT2D eigenvalue weighted by atomic mass is 16.3. The molecule has 2 N–H and O–H groups in total.